The van der Waals surface area contributed by atoms with Crippen molar-refractivity contribution in [3.63, 3.8) is 0 Å². The van der Waals surface area contributed by atoms with Crippen LogP contribution in [-0.2, 0) is 6.54 Å². The van der Waals surface area contributed by atoms with E-state index < -0.39 is 0 Å². The van der Waals surface area contributed by atoms with Gasteiger partial charge in [-0.15, -0.1) is 0 Å². The molecule has 4 nitrogen and oxygen atoms in total. The van der Waals surface area contributed by atoms with Gasteiger partial charge in [-0.3, -0.25) is 9.69 Å². The number of hydrogen-bond donors (Lipinski definition) is 1. The molecule has 2 rings (SSSR count). The van der Waals surface area contributed by atoms with Crippen LogP contribution in [0, 0.1) is 5.92 Å². The van der Waals surface area contributed by atoms with E-state index in [4.69, 9.17) is 0 Å². The third-order valence-corrected chi connectivity index (χ3v) is 3.85. The molecule has 1 aliphatic heterocycles. The van der Waals surface area contributed by atoms with E-state index in [9.17, 15) is 9.90 Å². The van der Waals surface area contributed by atoms with Crippen LogP contribution >= 0.6 is 0 Å². The number of amides is 1. The smallest absolute Gasteiger partial charge is 0.253 e. The van der Waals surface area contributed by atoms with Crippen molar-refractivity contribution < 1.29 is 9.90 Å². The predicted molar refractivity (Wildman–Crippen MR) is 79.5 cm³/mol. The highest BCUT2D eigenvalue weighted by molar-refractivity contribution is 5.94. The van der Waals surface area contributed by atoms with Crippen molar-refractivity contribution in [2.45, 2.75) is 19.4 Å². The summed E-state index contributed by atoms with van der Waals surface area (Å²) in [5.74, 6) is 0.439. The zero-order valence-electron chi connectivity index (χ0n) is 12.4. The lowest BCUT2D eigenvalue weighted by Gasteiger charge is -2.31. The third kappa shape index (κ3) is 3.81. The van der Waals surface area contributed by atoms with Gasteiger partial charge in [-0.05, 0) is 43.0 Å². The summed E-state index contributed by atoms with van der Waals surface area (Å²) in [6, 6.07) is 7.85. The van der Waals surface area contributed by atoms with E-state index >= 15 is 0 Å². The van der Waals surface area contributed by atoms with E-state index in [0.29, 0.717) is 5.92 Å². The van der Waals surface area contributed by atoms with Crippen LogP contribution in [0.5, 0.6) is 0 Å². The largest absolute Gasteiger partial charge is 0.396 e. The first-order valence-electron chi connectivity index (χ1n) is 7.24. The monoisotopic (exact) mass is 276 g/mol. The van der Waals surface area contributed by atoms with Crippen molar-refractivity contribution in [2.24, 2.45) is 5.92 Å². The molecule has 1 fully saturated rings. The fourth-order valence-electron chi connectivity index (χ4n) is 2.76. The molecule has 1 aliphatic rings. The molecule has 0 radical (unpaired) electrons. The zero-order valence-corrected chi connectivity index (χ0v) is 12.4. The second kappa shape index (κ2) is 6.86. The Balaban J connectivity index is 2.02. The van der Waals surface area contributed by atoms with Gasteiger partial charge in [0.25, 0.3) is 5.91 Å². The number of piperidine rings is 1. The van der Waals surface area contributed by atoms with E-state index in [0.717, 1.165) is 43.6 Å². The number of carbonyl (C=O) groups excluding carboxylic acids is 1. The van der Waals surface area contributed by atoms with Crippen molar-refractivity contribution >= 4 is 5.91 Å². The Hall–Kier alpha value is -1.39. The Bertz CT molecular complexity index is 460. The lowest BCUT2D eigenvalue weighted by Crippen LogP contribution is -2.36. The summed E-state index contributed by atoms with van der Waals surface area (Å²) in [6.07, 6.45) is 2.26. The van der Waals surface area contributed by atoms with Crippen LogP contribution in [0.15, 0.2) is 24.3 Å². The van der Waals surface area contributed by atoms with Gasteiger partial charge in [0.15, 0.2) is 0 Å². The standard InChI is InChI=1S/C16H24N2O2/c1-17(2)16(20)15-7-3-5-13(9-15)10-18-8-4-6-14(11-18)12-19/h3,5,7,9,14,19H,4,6,8,10-12H2,1-2H3. The number of aliphatic hydroxyl groups excluding tert-OH is 1. The van der Waals surface area contributed by atoms with E-state index in [1.807, 2.05) is 18.2 Å². The Morgan fingerprint density at radius 1 is 1.45 bits per heavy atom. The van der Waals surface area contributed by atoms with E-state index in [2.05, 4.69) is 11.0 Å². The maximum absolute atomic E-state index is 12.0. The summed E-state index contributed by atoms with van der Waals surface area (Å²) in [5.41, 5.74) is 1.90. The normalized spacial score (nSPS) is 19.9. The fourth-order valence-corrected chi connectivity index (χ4v) is 2.76. The number of likely N-dealkylation sites (tertiary alicyclic amines) is 1. The molecule has 1 amide bonds. The van der Waals surface area contributed by atoms with Gasteiger partial charge in [-0.1, -0.05) is 12.1 Å². The SMILES string of the molecule is CN(C)C(=O)c1cccc(CN2CCCC(CO)C2)c1. The molecular formula is C16H24N2O2. The molecule has 0 bridgehead atoms. The second-order valence-corrected chi connectivity index (χ2v) is 5.83. The second-order valence-electron chi connectivity index (χ2n) is 5.83. The van der Waals surface area contributed by atoms with Crippen molar-refractivity contribution in [1.82, 2.24) is 9.80 Å². The first-order valence-corrected chi connectivity index (χ1v) is 7.24. The molecule has 0 saturated carbocycles. The highest BCUT2D eigenvalue weighted by Crippen LogP contribution is 2.18. The molecule has 4 heteroatoms. The maximum Gasteiger partial charge on any atom is 0.253 e. The quantitative estimate of drug-likeness (QED) is 0.908. The van der Waals surface area contributed by atoms with Gasteiger partial charge in [0.2, 0.25) is 0 Å². The van der Waals surface area contributed by atoms with Crippen molar-refractivity contribution in [3.8, 4) is 0 Å². The number of carbonyl (C=O) groups is 1. The highest BCUT2D eigenvalue weighted by atomic mass is 16.3. The summed E-state index contributed by atoms with van der Waals surface area (Å²) < 4.78 is 0. The lowest BCUT2D eigenvalue weighted by atomic mass is 9.98. The van der Waals surface area contributed by atoms with Gasteiger partial charge in [0.05, 0.1) is 0 Å². The van der Waals surface area contributed by atoms with E-state index in [1.165, 1.54) is 0 Å². The fraction of sp³-hybridized carbons (Fsp3) is 0.562. The van der Waals surface area contributed by atoms with Crippen molar-refractivity contribution in [1.29, 1.82) is 0 Å². The van der Waals surface area contributed by atoms with Gasteiger partial charge in [0, 0.05) is 39.4 Å². The summed E-state index contributed by atoms with van der Waals surface area (Å²) in [7, 11) is 3.54. The minimum atomic E-state index is 0.0405. The lowest BCUT2D eigenvalue weighted by molar-refractivity contribution is 0.0827. The van der Waals surface area contributed by atoms with Crippen molar-refractivity contribution in [3.05, 3.63) is 35.4 Å². The third-order valence-electron chi connectivity index (χ3n) is 3.85. The molecule has 0 aromatic heterocycles. The molecule has 110 valence electrons. The van der Waals surface area contributed by atoms with E-state index in [1.54, 1.807) is 19.0 Å². The van der Waals surface area contributed by atoms with Gasteiger partial charge in [0.1, 0.15) is 0 Å². The summed E-state index contributed by atoms with van der Waals surface area (Å²) in [5, 5.41) is 9.28. The molecule has 1 aromatic rings. The Kier molecular flexibility index (Phi) is 5.15. The van der Waals surface area contributed by atoms with Gasteiger partial charge in [-0.25, -0.2) is 0 Å². The number of benzene rings is 1. The van der Waals surface area contributed by atoms with Gasteiger partial charge < -0.3 is 10.0 Å². The summed E-state index contributed by atoms with van der Waals surface area (Å²) >= 11 is 0. The number of nitrogens with zero attached hydrogens (tertiary/aromatic N) is 2. The van der Waals surface area contributed by atoms with Crippen LogP contribution in [0.25, 0.3) is 0 Å². The number of hydrogen-bond acceptors (Lipinski definition) is 3. The predicted octanol–water partition coefficient (Wildman–Crippen LogP) is 1.59. The number of rotatable bonds is 4. The van der Waals surface area contributed by atoms with Crippen LogP contribution in [-0.4, -0.2) is 54.6 Å². The summed E-state index contributed by atoms with van der Waals surface area (Å²) in [4.78, 5) is 15.9. The van der Waals surface area contributed by atoms with Crippen LogP contribution < -0.4 is 0 Å². The van der Waals surface area contributed by atoms with Crippen LogP contribution in [0.4, 0.5) is 0 Å². The zero-order chi connectivity index (χ0) is 14.5. The minimum Gasteiger partial charge on any atom is -0.396 e. The average molecular weight is 276 g/mol. The van der Waals surface area contributed by atoms with E-state index in [-0.39, 0.29) is 12.5 Å². The molecular weight excluding hydrogens is 252 g/mol. The van der Waals surface area contributed by atoms with Crippen molar-refractivity contribution in [2.75, 3.05) is 33.8 Å². The minimum absolute atomic E-state index is 0.0405. The molecule has 1 N–H and O–H groups in total. The first kappa shape index (κ1) is 15.0. The molecule has 1 unspecified atom stereocenters. The van der Waals surface area contributed by atoms with Crippen LogP contribution in [0.1, 0.15) is 28.8 Å². The Morgan fingerprint density at radius 3 is 2.95 bits per heavy atom. The maximum atomic E-state index is 12.0. The molecule has 1 atom stereocenters. The highest BCUT2D eigenvalue weighted by Gasteiger charge is 2.19. The van der Waals surface area contributed by atoms with Crippen LogP contribution in [0.3, 0.4) is 0 Å². The van der Waals surface area contributed by atoms with Gasteiger partial charge in [-0.2, -0.15) is 0 Å². The Morgan fingerprint density at radius 2 is 2.25 bits per heavy atom. The molecule has 0 spiro atoms. The molecule has 1 heterocycles. The number of aliphatic hydroxyl groups is 1. The first-order chi connectivity index (χ1) is 9.60. The van der Waals surface area contributed by atoms with Crippen LogP contribution in [0.2, 0.25) is 0 Å². The molecule has 0 aliphatic carbocycles. The average Bonchev–Trinajstić information content (AvgIpc) is 2.47. The summed E-state index contributed by atoms with van der Waals surface area (Å²) in [6.45, 7) is 3.14. The van der Waals surface area contributed by atoms with Gasteiger partial charge >= 0.3 is 0 Å². The topological polar surface area (TPSA) is 43.8 Å². The molecule has 1 aromatic carbocycles. The molecule has 1 saturated heterocycles. The Labute approximate surface area is 121 Å². The molecule has 20 heavy (non-hydrogen) atoms.